The molecule has 3 aromatic rings. The summed E-state index contributed by atoms with van der Waals surface area (Å²) in [5.41, 5.74) is 2.48. The van der Waals surface area contributed by atoms with E-state index in [4.69, 9.17) is 23.2 Å². The standard InChI is InChI=1S/C19H13Cl2N3O2/c20-15-6-4-12(10-16(15)21)5-8-18(25)22-14-3-1-2-13(11-14)17-7-9-19(26)24-23-17/h1-11H,(H,22,25)(H,24,26)/b8-5+. The van der Waals surface area contributed by atoms with Crippen LogP contribution < -0.4 is 10.9 Å². The number of rotatable bonds is 4. The van der Waals surface area contributed by atoms with E-state index in [0.717, 1.165) is 11.1 Å². The van der Waals surface area contributed by atoms with Gasteiger partial charge in [-0.25, -0.2) is 5.10 Å². The Hall–Kier alpha value is -2.89. The van der Waals surface area contributed by atoms with Gasteiger partial charge in [0.25, 0.3) is 5.56 Å². The van der Waals surface area contributed by atoms with Gasteiger partial charge in [-0.05, 0) is 42.0 Å². The zero-order chi connectivity index (χ0) is 18.5. The molecule has 0 bridgehead atoms. The van der Waals surface area contributed by atoms with Crippen LogP contribution in [-0.4, -0.2) is 16.1 Å². The highest BCUT2D eigenvalue weighted by atomic mass is 35.5. The molecule has 0 radical (unpaired) electrons. The summed E-state index contributed by atoms with van der Waals surface area (Å²) in [6.45, 7) is 0. The molecule has 1 amide bonds. The Kier molecular flexibility index (Phi) is 5.51. The number of hydrogen-bond acceptors (Lipinski definition) is 3. The largest absolute Gasteiger partial charge is 0.322 e. The fourth-order valence-electron chi connectivity index (χ4n) is 2.23. The second-order valence-corrected chi connectivity index (χ2v) is 6.20. The topological polar surface area (TPSA) is 74.8 Å². The molecule has 26 heavy (non-hydrogen) atoms. The van der Waals surface area contributed by atoms with E-state index in [2.05, 4.69) is 15.5 Å². The number of nitrogens with one attached hydrogen (secondary N) is 2. The Morgan fingerprint density at radius 3 is 2.62 bits per heavy atom. The molecule has 0 fully saturated rings. The number of carbonyl (C=O) groups is 1. The molecule has 0 saturated heterocycles. The molecular weight excluding hydrogens is 373 g/mol. The zero-order valence-electron chi connectivity index (χ0n) is 13.4. The second kappa shape index (κ2) is 7.99. The van der Waals surface area contributed by atoms with Gasteiger partial charge >= 0.3 is 0 Å². The Morgan fingerprint density at radius 1 is 1.04 bits per heavy atom. The number of hydrogen-bond donors (Lipinski definition) is 2. The summed E-state index contributed by atoms with van der Waals surface area (Å²) < 4.78 is 0. The summed E-state index contributed by atoms with van der Waals surface area (Å²) in [7, 11) is 0. The van der Waals surface area contributed by atoms with Crippen LogP contribution in [0.1, 0.15) is 5.56 Å². The Balaban J connectivity index is 1.72. The molecule has 0 aliphatic carbocycles. The van der Waals surface area contributed by atoms with Crippen molar-refractivity contribution in [2.24, 2.45) is 0 Å². The van der Waals surface area contributed by atoms with Gasteiger partial charge in [-0.2, -0.15) is 5.10 Å². The van der Waals surface area contributed by atoms with Gasteiger partial charge in [0.05, 0.1) is 15.7 Å². The zero-order valence-corrected chi connectivity index (χ0v) is 14.9. The molecular formula is C19H13Cl2N3O2. The quantitative estimate of drug-likeness (QED) is 0.653. The van der Waals surface area contributed by atoms with Crippen LogP contribution in [0, 0.1) is 0 Å². The molecule has 2 N–H and O–H groups in total. The average molecular weight is 386 g/mol. The second-order valence-electron chi connectivity index (χ2n) is 5.38. The SMILES string of the molecule is O=C(/C=C/c1ccc(Cl)c(Cl)c1)Nc1cccc(-c2ccc(=O)[nH]n2)c1. The summed E-state index contributed by atoms with van der Waals surface area (Å²) >= 11 is 11.8. The molecule has 5 nitrogen and oxygen atoms in total. The van der Waals surface area contributed by atoms with Crippen molar-refractivity contribution in [1.82, 2.24) is 10.2 Å². The number of H-pyrrole nitrogens is 1. The highest BCUT2D eigenvalue weighted by molar-refractivity contribution is 6.42. The van der Waals surface area contributed by atoms with Gasteiger partial charge < -0.3 is 5.32 Å². The van der Waals surface area contributed by atoms with Crippen LogP contribution in [0.2, 0.25) is 10.0 Å². The molecule has 130 valence electrons. The summed E-state index contributed by atoms with van der Waals surface area (Å²) in [5, 5.41) is 10.0. The maximum absolute atomic E-state index is 12.1. The number of halogens is 2. The van der Waals surface area contributed by atoms with E-state index in [1.165, 1.54) is 12.1 Å². The van der Waals surface area contributed by atoms with E-state index < -0.39 is 0 Å². The molecule has 0 unspecified atom stereocenters. The lowest BCUT2D eigenvalue weighted by atomic mass is 10.1. The Morgan fingerprint density at radius 2 is 1.88 bits per heavy atom. The van der Waals surface area contributed by atoms with Crippen LogP contribution in [-0.2, 0) is 4.79 Å². The van der Waals surface area contributed by atoms with Gasteiger partial charge in [0.1, 0.15) is 0 Å². The van der Waals surface area contributed by atoms with Crippen molar-refractivity contribution in [2.75, 3.05) is 5.32 Å². The first-order valence-electron chi connectivity index (χ1n) is 7.61. The number of nitrogens with zero attached hydrogens (tertiary/aromatic N) is 1. The number of carbonyl (C=O) groups excluding carboxylic acids is 1. The van der Waals surface area contributed by atoms with Crippen molar-refractivity contribution < 1.29 is 4.79 Å². The molecule has 1 heterocycles. The van der Waals surface area contributed by atoms with E-state index in [0.29, 0.717) is 21.4 Å². The number of benzene rings is 2. The van der Waals surface area contributed by atoms with E-state index in [1.807, 2.05) is 6.07 Å². The fraction of sp³-hybridized carbons (Fsp3) is 0. The van der Waals surface area contributed by atoms with E-state index in [1.54, 1.807) is 48.5 Å². The first kappa shape index (κ1) is 17.9. The molecule has 7 heteroatoms. The number of anilines is 1. The molecule has 0 spiro atoms. The highest BCUT2D eigenvalue weighted by Crippen LogP contribution is 2.23. The molecule has 2 aromatic carbocycles. The van der Waals surface area contributed by atoms with Crippen LogP contribution >= 0.6 is 23.2 Å². The van der Waals surface area contributed by atoms with Crippen LogP contribution in [0.4, 0.5) is 5.69 Å². The van der Waals surface area contributed by atoms with Crippen molar-refractivity contribution in [3.8, 4) is 11.3 Å². The van der Waals surface area contributed by atoms with Crippen LogP contribution in [0.25, 0.3) is 17.3 Å². The third-order valence-corrected chi connectivity index (χ3v) is 4.21. The smallest absolute Gasteiger partial charge is 0.264 e. The van der Waals surface area contributed by atoms with Gasteiger partial charge in [-0.3, -0.25) is 9.59 Å². The minimum Gasteiger partial charge on any atom is -0.322 e. The predicted octanol–water partition coefficient (Wildman–Crippen LogP) is 4.40. The van der Waals surface area contributed by atoms with Gasteiger partial charge in [0.2, 0.25) is 5.91 Å². The lowest BCUT2D eigenvalue weighted by Crippen LogP contribution is -2.08. The number of amides is 1. The monoisotopic (exact) mass is 385 g/mol. The maximum Gasteiger partial charge on any atom is 0.264 e. The molecule has 0 aliphatic rings. The molecule has 3 rings (SSSR count). The normalized spacial score (nSPS) is 10.8. The lowest BCUT2D eigenvalue weighted by Gasteiger charge is -2.05. The molecule has 0 saturated carbocycles. The maximum atomic E-state index is 12.1. The third-order valence-electron chi connectivity index (χ3n) is 3.48. The van der Waals surface area contributed by atoms with Gasteiger partial charge in [0, 0.05) is 23.4 Å². The van der Waals surface area contributed by atoms with Gasteiger partial charge in [0.15, 0.2) is 0 Å². The van der Waals surface area contributed by atoms with Crippen molar-refractivity contribution in [2.45, 2.75) is 0 Å². The minimum absolute atomic E-state index is 0.273. The predicted molar refractivity (Wildman–Crippen MR) is 104 cm³/mol. The van der Waals surface area contributed by atoms with E-state index in [9.17, 15) is 9.59 Å². The summed E-state index contributed by atoms with van der Waals surface area (Å²) in [5.74, 6) is -0.289. The Bertz CT molecular complexity index is 1020. The summed E-state index contributed by atoms with van der Waals surface area (Å²) in [6.07, 6.45) is 3.05. The van der Waals surface area contributed by atoms with Crippen molar-refractivity contribution >= 4 is 40.9 Å². The van der Waals surface area contributed by atoms with E-state index in [-0.39, 0.29) is 11.5 Å². The molecule has 0 atom stereocenters. The highest BCUT2D eigenvalue weighted by Gasteiger charge is 2.03. The third kappa shape index (κ3) is 4.59. The van der Waals surface area contributed by atoms with Crippen LogP contribution in [0.5, 0.6) is 0 Å². The van der Waals surface area contributed by atoms with Gasteiger partial charge in [-0.1, -0.05) is 41.4 Å². The molecule has 0 aliphatic heterocycles. The van der Waals surface area contributed by atoms with Crippen molar-refractivity contribution in [3.63, 3.8) is 0 Å². The Labute approximate surface area is 159 Å². The first-order chi connectivity index (χ1) is 12.5. The van der Waals surface area contributed by atoms with E-state index >= 15 is 0 Å². The van der Waals surface area contributed by atoms with Crippen molar-refractivity contribution in [3.05, 3.63) is 86.6 Å². The average Bonchev–Trinajstić information content (AvgIpc) is 2.63. The fourth-order valence-corrected chi connectivity index (χ4v) is 2.54. The number of aromatic nitrogens is 2. The molecule has 1 aromatic heterocycles. The lowest BCUT2D eigenvalue weighted by molar-refractivity contribution is -0.111. The number of aromatic amines is 1. The van der Waals surface area contributed by atoms with Crippen LogP contribution in [0.15, 0.2) is 65.5 Å². The summed E-state index contributed by atoms with van der Waals surface area (Å²) in [4.78, 5) is 23.2. The minimum atomic E-state index is -0.289. The van der Waals surface area contributed by atoms with Gasteiger partial charge in [-0.15, -0.1) is 0 Å². The van der Waals surface area contributed by atoms with Crippen molar-refractivity contribution in [1.29, 1.82) is 0 Å². The first-order valence-corrected chi connectivity index (χ1v) is 8.37. The summed E-state index contributed by atoms with van der Waals surface area (Å²) in [6, 6.07) is 15.3. The van der Waals surface area contributed by atoms with Crippen LogP contribution in [0.3, 0.4) is 0 Å².